The fraction of sp³-hybridized carbons (Fsp3) is 0.0500. The smallest absolute Gasteiger partial charge is 0.118 e. The van der Waals surface area contributed by atoms with Crippen LogP contribution in [0.15, 0.2) is 76.4 Å². The first-order valence-electron chi connectivity index (χ1n) is 7.69. The summed E-state index contributed by atoms with van der Waals surface area (Å²) in [5.74, 6) is 0. The maximum Gasteiger partial charge on any atom is 0.118 e. The lowest BCUT2D eigenvalue weighted by Crippen LogP contribution is -2.06. The van der Waals surface area contributed by atoms with Crippen LogP contribution in [-0.2, 0) is 0 Å². The molecule has 3 aromatic carbocycles. The first-order chi connectivity index (χ1) is 12.1. The number of nitrogens with zero attached hydrogens (tertiary/aromatic N) is 1. The van der Waals surface area contributed by atoms with E-state index in [9.17, 15) is 5.21 Å². The second-order valence-corrected chi connectivity index (χ2v) is 6.91. The van der Waals surface area contributed by atoms with Gasteiger partial charge in [0.25, 0.3) is 0 Å². The van der Waals surface area contributed by atoms with Gasteiger partial charge in [0.1, 0.15) is 5.71 Å². The van der Waals surface area contributed by atoms with Crippen LogP contribution >= 0.6 is 27.5 Å². The standard InChI is InChI=1S/C20H16BrClN2O/c1-13-4-2-3-5-17(13)20(24-25)18-11-10-16(12-19(18)22)23-15-8-6-14(21)7-9-15/h2-12,23,25H,1H3/b24-20-. The van der Waals surface area contributed by atoms with Crippen LogP contribution in [0, 0.1) is 6.92 Å². The lowest BCUT2D eigenvalue weighted by molar-refractivity contribution is 0.319. The van der Waals surface area contributed by atoms with Gasteiger partial charge in [0.15, 0.2) is 0 Å². The summed E-state index contributed by atoms with van der Waals surface area (Å²) in [7, 11) is 0. The van der Waals surface area contributed by atoms with Gasteiger partial charge in [0.05, 0.1) is 5.02 Å². The zero-order chi connectivity index (χ0) is 17.8. The minimum atomic E-state index is 0.457. The Hall–Kier alpha value is -2.30. The summed E-state index contributed by atoms with van der Waals surface area (Å²) in [6.45, 7) is 1.97. The van der Waals surface area contributed by atoms with Crippen LogP contribution in [0.3, 0.4) is 0 Å². The average Bonchev–Trinajstić information content (AvgIpc) is 2.61. The van der Waals surface area contributed by atoms with Gasteiger partial charge in [-0.25, -0.2) is 0 Å². The largest absolute Gasteiger partial charge is 0.410 e. The lowest BCUT2D eigenvalue weighted by Gasteiger charge is -2.12. The van der Waals surface area contributed by atoms with E-state index in [0.29, 0.717) is 16.3 Å². The van der Waals surface area contributed by atoms with E-state index < -0.39 is 0 Å². The molecular weight excluding hydrogens is 400 g/mol. The third-order valence-electron chi connectivity index (χ3n) is 3.86. The highest BCUT2D eigenvalue weighted by atomic mass is 79.9. The normalized spacial score (nSPS) is 11.4. The highest BCUT2D eigenvalue weighted by molar-refractivity contribution is 9.10. The number of rotatable bonds is 4. The minimum absolute atomic E-state index is 0.457. The van der Waals surface area contributed by atoms with Crippen molar-refractivity contribution >= 4 is 44.6 Å². The van der Waals surface area contributed by atoms with Crippen molar-refractivity contribution in [3.63, 3.8) is 0 Å². The van der Waals surface area contributed by atoms with E-state index in [1.54, 1.807) is 0 Å². The highest BCUT2D eigenvalue weighted by Crippen LogP contribution is 2.27. The molecule has 0 aliphatic rings. The van der Waals surface area contributed by atoms with Crippen LogP contribution in [0.4, 0.5) is 11.4 Å². The molecule has 0 radical (unpaired) electrons. The third-order valence-corrected chi connectivity index (χ3v) is 4.70. The molecule has 0 aliphatic heterocycles. The van der Waals surface area contributed by atoms with Crippen molar-refractivity contribution in [2.75, 3.05) is 5.32 Å². The van der Waals surface area contributed by atoms with Crippen molar-refractivity contribution in [2.24, 2.45) is 5.16 Å². The number of anilines is 2. The average molecular weight is 416 g/mol. The van der Waals surface area contributed by atoms with Gasteiger partial charge < -0.3 is 10.5 Å². The molecule has 2 N–H and O–H groups in total. The maximum absolute atomic E-state index is 9.52. The number of hydrogen-bond donors (Lipinski definition) is 2. The van der Waals surface area contributed by atoms with E-state index in [0.717, 1.165) is 27.0 Å². The summed E-state index contributed by atoms with van der Waals surface area (Å²) in [6.07, 6.45) is 0. The van der Waals surface area contributed by atoms with Crippen molar-refractivity contribution in [3.8, 4) is 0 Å². The highest BCUT2D eigenvalue weighted by Gasteiger charge is 2.14. The number of nitrogens with one attached hydrogen (secondary N) is 1. The summed E-state index contributed by atoms with van der Waals surface area (Å²) in [6, 6.07) is 21.2. The number of oxime groups is 1. The number of aryl methyl sites for hydroxylation is 1. The molecular formula is C20H16BrClN2O. The first-order valence-corrected chi connectivity index (χ1v) is 8.86. The molecule has 0 heterocycles. The Labute approximate surface area is 160 Å². The van der Waals surface area contributed by atoms with Crippen LogP contribution in [0.25, 0.3) is 0 Å². The molecule has 3 nitrogen and oxygen atoms in total. The van der Waals surface area contributed by atoms with E-state index in [1.807, 2.05) is 73.7 Å². The molecule has 0 aromatic heterocycles. The van der Waals surface area contributed by atoms with Crippen molar-refractivity contribution in [2.45, 2.75) is 6.92 Å². The molecule has 0 fully saturated rings. The van der Waals surface area contributed by atoms with E-state index in [-0.39, 0.29) is 0 Å². The van der Waals surface area contributed by atoms with Gasteiger partial charge in [-0.15, -0.1) is 0 Å². The maximum atomic E-state index is 9.52. The Kier molecular flexibility index (Phi) is 5.41. The SMILES string of the molecule is Cc1ccccc1/C(=N/O)c1ccc(Nc2ccc(Br)cc2)cc1Cl. The Balaban J connectivity index is 1.91. The molecule has 0 bridgehead atoms. The Bertz CT molecular complexity index is 923. The van der Waals surface area contributed by atoms with Crippen molar-refractivity contribution in [1.82, 2.24) is 0 Å². The molecule has 3 rings (SSSR count). The summed E-state index contributed by atoms with van der Waals surface area (Å²) in [5, 5.41) is 16.8. The summed E-state index contributed by atoms with van der Waals surface area (Å²) in [4.78, 5) is 0. The molecule has 0 atom stereocenters. The van der Waals surface area contributed by atoms with Gasteiger partial charge in [-0.1, -0.05) is 57.0 Å². The molecule has 25 heavy (non-hydrogen) atoms. The summed E-state index contributed by atoms with van der Waals surface area (Å²) < 4.78 is 1.02. The summed E-state index contributed by atoms with van der Waals surface area (Å²) >= 11 is 9.88. The zero-order valence-corrected chi connectivity index (χ0v) is 15.8. The molecule has 5 heteroatoms. The Morgan fingerprint density at radius 1 is 0.960 bits per heavy atom. The van der Waals surface area contributed by atoms with E-state index in [4.69, 9.17) is 11.6 Å². The second-order valence-electron chi connectivity index (χ2n) is 5.59. The fourth-order valence-electron chi connectivity index (χ4n) is 2.58. The van der Waals surface area contributed by atoms with E-state index >= 15 is 0 Å². The predicted octanol–water partition coefficient (Wildman–Crippen LogP) is 6.38. The van der Waals surface area contributed by atoms with E-state index in [2.05, 4.69) is 26.4 Å². The molecule has 0 unspecified atom stereocenters. The van der Waals surface area contributed by atoms with Crippen LogP contribution in [-0.4, -0.2) is 10.9 Å². The lowest BCUT2D eigenvalue weighted by atomic mass is 9.98. The Morgan fingerprint density at radius 2 is 1.64 bits per heavy atom. The molecule has 0 aliphatic carbocycles. The second kappa shape index (κ2) is 7.72. The molecule has 0 saturated carbocycles. The number of halogens is 2. The molecule has 3 aromatic rings. The van der Waals surface area contributed by atoms with E-state index in [1.165, 1.54) is 0 Å². The molecule has 0 saturated heterocycles. The van der Waals surface area contributed by atoms with Crippen LogP contribution < -0.4 is 5.32 Å². The monoisotopic (exact) mass is 414 g/mol. The van der Waals surface area contributed by atoms with Gasteiger partial charge in [-0.05, 0) is 55.0 Å². The minimum Gasteiger partial charge on any atom is -0.410 e. The topological polar surface area (TPSA) is 44.6 Å². The third kappa shape index (κ3) is 4.03. The predicted molar refractivity (Wildman–Crippen MR) is 107 cm³/mol. The number of benzene rings is 3. The number of hydrogen-bond acceptors (Lipinski definition) is 3. The van der Waals surface area contributed by atoms with Crippen molar-refractivity contribution in [3.05, 3.63) is 92.9 Å². The van der Waals surface area contributed by atoms with Gasteiger partial charge in [0, 0.05) is 27.0 Å². The molecule has 0 spiro atoms. The Morgan fingerprint density at radius 3 is 2.28 bits per heavy atom. The van der Waals surface area contributed by atoms with Crippen LogP contribution in [0.5, 0.6) is 0 Å². The zero-order valence-electron chi connectivity index (χ0n) is 13.5. The molecule has 0 amide bonds. The fourth-order valence-corrected chi connectivity index (χ4v) is 3.11. The van der Waals surface area contributed by atoms with Gasteiger partial charge in [0.2, 0.25) is 0 Å². The summed E-state index contributed by atoms with van der Waals surface area (Å²) in [5.41, 5.74) is 4.82. The van der Waals surface area contributed by atoms with Crippen molar-refractivity contribution < 1.29 is 5.21 Å². The van der Waals surface area contributed by atoms with Crippen molar-refractivity contribution in [1.29, 1.82) is 0 Å². The van der Waals surface area contributed by atoms with Gasteiger partial charge >= 0.3 is 0 Å². The first kappa shape index (κ1) is 17.5. The van der Waals surface area contributed by atoms with Crippen LogP contribution in [0.2, 0.25) is 5.02 Å². The van der Waals surface area contributed by atoms with Crippen LogP contribution in [0.1, 0.15) is 16.7 Å². The van der Waals surface area contributed by atoms with Gasteiger partial charge in [-0.2, -0.15) is 0 Å². The van der Waals surface area contributed by atoms with Gasteiger partial charge in [-0.3, -0.25) is 0 Å². The molecule has 126 valence electrons. The quantitative estimate of drug-likeness (QED) is 0.295.